The van der Waals surface area contributed by atoms with Crippen molar-refractivity contribution in [3.8, 4) is 11.7 Å². The van der Waals surface area contributed by atoms with Crippen molar-refractivity contribution in [2.75, 3.05) is 18.1 Å². The zero-order valence-corrected chi connectivity index (χ0v) is 24.3. The summed E-state index contributed by atoms with van der Waals surface area (Å²) in [5.41, 5.74) is -0.0468. The first-order chi connectivity index (χ1) is 17.9. The third kappa shape index (κ3) is 6.06. The normalized spacial score (nSPS) is 19.3. The molecule has 5 rings (SSSR count). The third-order valence-corrected chi connectivity index (χ3v) is 8.62. The lowest BCUT2D eigenvalue weighted by molar-refractivity contribution is 0.0981. The average molecular weight is 576 g/mol. The molecule has 39 heavy (non-hydrogen) atoms. The number of rotatable bonds is 8. The number of carbonyl (C=O) groups excluding carboxylic acids is 1. The van der Waals surface area contributed by atoms with Gasteiger partial charge in [0, 0.05) is 29.8 Å². The molecule has 1 amide bonds. The van der Waals surface area contributed by atoms with E-state index in [0.717, 1.165) is 31.4 Å². The summed E-state index contributed by atoms with van der Waals surface area (Å²) in [5.74, 6) is -0.225. The van der Waals surface area contributed by atoms with Gasteiger partial charge in [-0.05, 0) is 63.3 Å². The number of nitrogens with zero attached hydrogens (tertiary/aromatic N) is 4. The molecule has 0 radical (unpaired) electrons. The van der Waals surface area contributed by atoms with Crippen LogP contribution in [0, 0.1) is 17.2 Å². The van der Waals surface area contributed by atoms with Crippen LogP contribution in [0.25, 0.3) is 5.82 Å². The van der Waals surface area contributed by atoms with Gasteiger partial charge in [-0.3, -0.25) is 4.79 Å². The van der Waals surface area contributed by atoms with E-state index in [-0.39, 0.29) is 30.0 Å². The van der Waals surface area contributed by atoms with E-state index in [1.54, 1.807) is 23.0 Å². The molecular formula is C27H34FN5O4S2. The summed E-state index contributed by atoms with van der Waals surface area (Å²) in [6.45, 7) is 9.63. The molecule has 0 spiro atoms. The molecular weight excluding hydrogens is 541 g/mol. The number of halogens is 1. The Morgan fingerprint density at radius 3 is 2.51 bits per heavy atom. The number of carbonyl (C=O) groups is 1. The Morgan fingerprint density at radius 1 is 1.15 bits per heavy atom. The molecule has 2 aromatic heterocycles. The highest BCUT2D eigenvalue weighted by molar-refractivity contribution is 7.90. The minimum atomic E-state index is -4.45. The fourth-order valence-corrected chi connectivity index (χ4v) is 5.97. The van der Waals surface area contributed by atoms with E-state index in [9.17, 15) is 17.6 Å². The van der Waals surface area contributed by atoms with Gasteiger partial charge in [-0.25, -0.2) is 27.2 Å². The largest absolute Gasteiger partial charge is 0.476 e. The number of hydrogen-bond acceptors (Lipinski definition) is 7. The van der Waals surface area contributed by atoms with Crippen LogP contribution in [0.1, 0.15) is 57.3 Å². The highest BCUT2D eigenvalue weighted by atomic mass is 32.2. The monoisotopic (exact) mass is 575 g/mol. The van der Waals surface area contributed by atoms with Crippen molar-refractivity contribution in [1.29, 1.82) is 0 Å². The van der Waals surface area contributed by atoms with Gasteiger partial charge in [0.15, 0.2) is 5.82 Å². The lowest BCUT2D eigenvalue weighted by atomic mass is 9.97. The molecule has 1 N–H and O–H groups in total. The first-order valence-electron chi connectivity index (χ1n) is 12.7. The second-order valence-electron chi connectivity index (χ2n) is 11.3. The lowest BCUT2D eigenvalue weighted by Crippen LogP contribution is -2.41. The van der Waals surface area contributed by atoms with Crippen LogP contribution in [0.15, 0.2) is 53.6 Å². The number of hydrogen-bond donors (Lipinski definition) is 1. The molecule has 2 fully saturated rings. The van der Waals surface area contributed by atoms with Gasteiger partial charge in [-0.1, -0.05) is 26.0 Å². The van der Waals surface area contributed by atoms with Gasteiger partial charge in [0.05, 0.1) is 12.2 Å². The standard InChI is InChI=1S/C27H32FN5O4S.H2S/c1-18-15-26(2,3)32(16-18)24-19(25(34)31-38(35,36)21-8-6-5-7-20(21)28)9-10-22(29-24)33-14-11-23(30-33)37-17-27(4)12-13-27;/h5-11,14,18H,12-13,15-17H2,1-4H3,(H,31,34);1H2/t18-;/m0./s1. The number of nitrogens with one attached hydrogen (secondary N) is 1. The van der Waals surface area contributed by atoms with Crippen molar-refractivity contribution in [3.05, 3.63) is 60.0 Å². The van der Waals surface area contributed by atoms with Gasteiger partial charge in [0.1, 0.15) is 16.5 Å². The summed E-state index contributed by atoms with van der Waals surface area (Å²) in [6, 6.07) is 9.80. The van der Waals surface area contributed by atoms with Crippen LogP contribution >= 0.6 is 13.5 Å². The maximum atomic E-state index is 14.2. The molecule has 1 aliphatic carbocycles. The fraction of sp³-hybridized carbons (Fsp3) is 0.444. The minimum absolute atomic E-state index is 0. The van der Waals surface area contributed by atoms with E-state index in [1.807, 2.05) is 9.62 Å². The van der Waals surface area contributed by atoms with E-state index < -0.39 is 26.6 Å². The predicted molar refractivity (Wildman–Crippen MR) is 151 cm³/mol. The van der Waals surface area contributed by atoms with Crippen LogP contribution in [0.2, 0.25) is 0 Å². The van der Waals surface area contributed by atoms with E-state index in [1.165, 1.54) is 18.2 Å². The minimum Gasteiger partial charge on any atom is -0.476 e. The number of ether oxygens (including phenoxy) is 1. The quantitative estimate of drug-likeness (QED) is 0.423. The molecule has 210 valence electrons. The first kappa shape index (κ1) is 28.9. The first-order valence-corrected chi connectivity index (χ1v) is 14.1. The molecule has 3 aromatic rings. The Labute approximate surface area is 235 Å². The molecule has 1 aliphatic heterocycles. The molecule has 12 heteroatoms. The van der Waals surface area contributed by atoms with Crippen molar-refractivity contribution < 1.29 is 22.3 Å². The number of pyridine rings is 1. The molecule has 2 aliphatic rings. The maximum Gasteiger partial charge on any atom is 0.268 e. The zero-order valence-electron chi connectivity index (χ0n) is 22.4. The summed E-state index contributed by atoms with van der Waals surface area (Å²) in [4.78, 5) is 19.5. The summed E-state index contributed by atoms with van der Waals surface area (Å²) in [6.07, 6.45) is 4.88. The molecule has 0 bridgehead atoms. The Bertz CT molecular complexity index is 1490. The molecule has 1 aromatic carbocycles. The molecule has 1 saturated heterocycles. The van der Waals surface area contributed by atoms with E-state index in [4.69, 9.17) is 9.72 Å². The Morgan fingerprint density at radius 2 is 1.87 bits per heavy atom. The molecule has 1 saturated carbocycles. The predicted octanol–water partition coefficient (Wildman–Crippen LogP) is 4.44. The van der Waals surface area contributed by atoms with Crippen LogP contribution < -0.4 is 14.4 Å². The van der Waals surface area contributed by atoms with Gasteiger partial charge in [-0.15, -0.1) is 5.10 Å². The summed E-state index contributed by atoms with van der Waals surface area (Å²) in [7, 11) is -4.45. The SMILES string of the molecule is C[C@@H]1CN(c2nc(-n3ccc(OCC4(C)CC4)n3)ccc2C(=O)NS(=O)(=O)c2ccccc2F)C(C)(C)C1.S. The number of amides is 1. The average Bonchev–Trinajstić information content (AvgIpc) is 3.27. The smallest absolute Gasteiger partial charge is 0.268 e. The van der Waals surface area contributed by atoms with Crippen LogP contribution in [0.4, 0.5) is 10.2 Å². The maximum absolute atomic E-state index is 14.2. The van der Waals surface area contributed by atoms with E-state index in [2.05, 4.69) is 32.8 Å². The number of sulfonamides is 1. The number of anilines is 1. The van der Waals surface area contributed by atoms with Gasteiger partial charge in [-0.2, -0.15) is 13.5 Å². The topological polar surface area (TPSA) is 106 Å². The van der Waals surface area contributed by atoms with Crippen molar-refractivity contribution in [2.45, 2.75) is 57.4 Å². The lowest BCUT2D eigenvalue weighted by Gasteiger charge is -2.34. The Balaban J connectivity index is 0.00000353. The van der Waals surface area contributed by atoms with Crippen LogP contribution in [-0.4, -0.2) is 47.8 Å². The fourth-order valence-electron chi connectivity index (χ4n) is 4.92. The van der Waals surface area contributed by atoms with Crippen molar-refractivity contribution in [3.63, 3.8) is 0 Å². The Hall–Kier alpha value is -3.12. The highest BCUT2D eigenvalue weighted by Gasteiger charge is 2.40. The van der Waals surface area contributed by atoms with Gasteiger partial charge < -0.3 is 9.64 Å². The summed E-state index contributed by atoms with van der Waals surface area (Å²) >= 11 is 0. The number of aromatic nitrogens is 3. The van der Waals surface area contributed by atoms with Gasteiger partial charge in [0.25, 0.3) is 15.9 Å². The third-order valence-electron chi connectivity index (χ3n) is 7.26. The van der Waals surface area contributed by atoms with E-state index >= 15 is 0 Å². The van der Waals surface area contributed by atoms with Crippen LogP contribution in [0.3, 0.4) is 0 Å². The molecule has 1 atom stereocenters. The summed E-state index contributed by atoms with van der Waals surface area (Å²) in [5, 5.41) is 4.49. The zero-order chi connectivity index (χ0) is 27.3. The van der Waals surface area contributed by atoms with Crippen LogP contribution in [0.5, 0.6) is 5.88 Å². The second kappa shape index (κ2) is 10.5. The van der Waals surface area contributed by atoms with Gasteiger partial charge in [0.2, 0.25) is 5.88 Å². The van der Waals surface area contributed by atoms with Gasteiger partial charge >= 0.3 is 0 Å². The Kier molecular flexibility index (Phi) is 7.74. The molecule has 3 heterocycles. The molecule has 0 unspecified atom stereocenters. The van der Waals surface area contributed by atoms with Crippen molar-refractivity contribution in [2.24, 2.45) is 11.3 Å². The number of benzene rings is 1. The van der Waals surface area contributed by atoms with Crippen molar-refractivity contribution in [1.82, 2.24) is 19.5 Å². The molecule has 9 nitrogen and oxygen atoms in total. The van der Waals surface area contributed by atoms with E-state index in [0.29, 0.717) is 36.6 Å². The highest BCUT2D eigenvalue weighted by Crippen LogP contribution is 2.45. The van der Waals surface area contributed by atoms with Crippen molar-refractivity contribution >= 4 is 35.2 Å². The summed E-state index contributed by atoms with van der Waals surface area (Å²) < 4.78 is 49.3. The second-order valence-corrected chi connectivity index (χ2v) is 13.0. The van der Waals surface area contributed by atoms with Crippen LogP contribution in [-0.2, 0) is 10.0 Å².